The summed E-state index contributed by atoms with van der Waals surface area (Å²) in [6.45, 7) is 7.75. The zero-order chi connectivity index (χ0) is 14.5. The van der Waals surface area contributed by atoms with Gasteiger partial charge in [-0.15, -0.1) is 11.3 Å². The van der Waals surface area contributed by atoms with E-state index in [1.54, 1.807) is 0 Å². The number of benzene rings is 1. The lowest BCUT2D eigenvalue weighted by Gasteiger charge is -2.17. The van der Waals surface area contributed by atoms with Gasteiger partial charge in [0.2, 0.25) is 0 Å². The summed E-state index contributed by atoms with van der Waals surface area (Å²) in [5.41, 5.74) is 6.65. The Morgan fingerprint density at radius 3 is 2.65 bits per heavy atom. The van der Waals surface area contributed by atoms with Crippen LogP contribution in [0.4, 0.5) is 5.69 Å². The number of nitrogen functional groups attached to an aromatic ring is 1. The summed E-state index contributed by atoms with van der Waals surface area (Å²) >= 11 is 1.45. The molecule has 108 valence electrons. The van der Waals surface area contributed by atoms with Crippen LogP contribution in [0.25, 0.3) is 10.1 Å². The van der Waals surface area contributed by atoms with Crippen molar-refractivity contribution in [2.45, 2.75) is 13.8 Å². The van der Waals surface area contributed by atoms with Crippen molar-refractivity contribution in [1.82, 2.24) is 10.2 Å². The van der Waals surface area contributed by atoms with Crippen molar-refractivity contribution in [2.24, 2.45) is 0 Å². The van der Waals surface area contributed by atoms with Gasteiger partial charge in [0.05, 0.1) is 5.69 Å². The highest BCUT2D eigenvalue weighted by Gasteiger charge is 2.15. The fraction of sp³-hybridized carbons (Fsp3) is 0.400. The molecule has 0 spiro atoms. The number of fused-ring (bicyclic) bond motifs is 1. The van der Waals surface area contributed by atoms with Crippen molar-refractivity contribution in [2.75, 3.05) is 31.9 Å². The molecule has 1 amide bonds. The van der Waals surface area contributed by atoms with Crippen molar-refractivity contribution in [3.05, 3.63) is 29.1 Å². The Bertz CT molecular complexity index is 590. The molecule has 0 bridgehead atoms. The van der Waals surface area contributed by atoms with E-state index in [1.807, 2.05) is 24.3 Å². The number of rotatable bonds is 6. The Labute approximate surface area is 123 Å². The van der Waals surface area contributed by atoms with Crippen LogP contribution >= 0.6 is 11.3 Å². The van der Waals surface area contributed by atoms with Gasteiger partial charge >= 0.3 is 0 Å². The molecule has 1 aromatic carbocycles. The number of nitrogens with two attached hydrogens (primary N) is 1. The SMILES string of the molecule is CCN(CC)CCNC(=O)c1sc2ccccc2c1N. The molecular formula is C15H21N3OS. The van der Waals surface area contributed by atoms with Gasteiger partial charge in [-0.25, -0.2) is 0 Å². The summed E-state index contributed by atoms with van der Waals surface area (Å²) in [6, 6.07) is 7.84. The molecule has 0 aliphatic rings. The highest BCUT2D eigenvalue weighted by Crippen LogP contribution is 2.33. The number of carbonyl (C=O) groups excluding carboxylic acids is 1. The molecular weight excluding hydrogens is 270 g/mol. The van der Waals surface area contributed by atoms with E-state index in [0.29, 0.717) is 17.1 Å². The average Bonchev–Trinajstić information content (AvgIpc) is 2.81. The van der Waals surface area contributed by atoms with Crippen LogP contribution < -0.4 is 11.1 Å². The Kier molecular flexibility index (Phi) is 4.98. The van der Waals surface area contributed by atoms with Crippen molar-refractivity contribution in [1.29, 1.82) is 0 Å². The number of likely N-dealkylation sites (N-methyl/N-ethyl adjacent to an activating group) is 1. The predicted molar refractivity (Wildman–Crippen MR) is 86.4 cm³/mol. The largest absolute Gasteiger partial charge is 0.397 e. The number of nitrogens with zero attached hydrogens (tertiary/aromatic N) is 1. The molecule has 0 aliphatic heterocycles. The summed E-state index contributed by atoms with van der Waals surface area (Å²) in [5, 5.41) is 3.91. The van der Waals surface area contributed by atoms with Gasteiger partial charge in [-0.2, -0.15) is 0 Å². The van der Waals surface area contributed by atoms with E-state index < -0.39 is 0 Å². The average molecular weight is 291 g/mol. The Hall–Kier alpha value is -1.59. The van der Waals surface area contributed by atoms with Crippen LogP contribution in [0.15, 0.2) is 24.3 Å². The normalized spacial score (nSPS) is 11.2. The number of hydrogen-bond acceptors (Lipinski definition) is 4. The predicted octanol–water partition coefficient (Wildman–Crippen LogP) is 2.56. The lowest BCUT2D eigenvalue weighted by molar-refractivity contribution is 0.0954. The molecule has 1 aromatic heterocycles. The van der Waals surface area contributed by atoms with Crippen molar-refractivity contribution in [3.8, 4) is 0 Å². The standard InChI is InChI=1S/C15H21N3OS/c1-3-18(4-2)10-9-17-15(19)14-13(16)11-7-5-6-8-12(11)20-14/h5-8H,3-4,9-10,16H2,1-2H3,(H,17,19). The molecule has 0 fully saturated rings. The zero-order valence-electron chi connectivity index (χ0n) is 12.0. The molecule has 4 nitrogen and oxygen atoms in total. The molecule has 0 aliphatic carbocycles. The minimum atomic E-state index is -0.0733. The summed E-state index contributed by atoms with van der Waals surface area (Å²) in [5.74, 6) is -0.0733. The molecule has 2 rings (SSSR count). The van der Waals surface area contributed by atoms with E-state index in [9.17, 15) is 4.79 Å². The summed E-state index contributed by atoms with van der Waals surface area (Å²) in [7, 11) is 0. The Morgan fingerprint density at radius 1 is 1.30 bits per heavy atom. The van der Waals surface area contributed by atoms with Crippen molar-refractivity contribution < 1.29 is 4.79 Å². The zero-order valence-corrected chi connectivity index (χ0v) is 12.8. The highest BCUT2D eigenvalue weighted by molar-refractivity contribution is 7.21. The van der Waals surface area contributed by atoms with E-state index >= 15 is 0 Å². The maximum absolute atomic E-state index is 12.2. The minimum absolute atomic E-state index is 0.0733. The third-order valence-electron chi connectivity index (χ3n) is 3.45. The van der Waals surface area contributed by atoms with Crippen LogP contribution in [-0.4, -0.2) is 37.0 Å². The first-order valence-electron chi connectivity index (χ1n) is 6.94. The highest BCUT2D eigenvalue weighted by atomic mass is 32.1. The lowest BCUT2D eigenvalue weighted by atomic mass is 10.2. The monoisotopic (exact) mass is 291 g/mol. The molecule has 5 heteroatoms. The number of amides is 1. The molecule has 0 unspecified atom stereocenters. The molecule has 20 heavy (non-hydrogen) atoms. The number of hydrogen-bond donors (Lipinski definition) is 2. The molecule has 0 atom stereocenters. The van der Waals surface area contributed by atoms with Crippen LogP contribution in [0.3, 0.4) is 0 Å². The van der Waals surface area contributed by atoms with Gasteiger partial charge in [0.15, 0.2) is 0 Å². The quantitative estimate of drug-likeness (QED) is 0.860. The Morgan fingerprint density at radius 2 is 2.00 bits per heavy atom. The van der Waals surface area contributed by atoms with Crippen LogP contribution in [-0.2, 0) is 0 Å². The van der Waals surface area contributed by atoms with Gasteiger partial charge in [0.25, 0.3) is 5.91 Å². The van der Waals surface area contributed by atoms with Gasteiger partial charge < -0.3 is 16.0 Å². The lowest BCUT2D eigenvalue weighted by Crippen LogP contribution is -2.34. The van der Waals surface area contributed by atoms with E-state index in [0.717, 1.165) is 29.7 Å². The summed E-state index contributed by atoms with van der Waals surface area (Å²) < 4.78 is 1.05. The van der Waals surface area contributed by atoms with E-state index in [4.69, 9.17) is 5.73 Å². The van der Waals surface area contributed by atoms with Crippen LogP contribution in [0, 0.1) is 0 Å². The van der Waals surface area contributed by atoms with Gasteiger partial charge in [-0.05, 0) is 19.2 Å². The number of nitrogens with one attached hydrogen (secondary N) is 1. The van der Waals surface area contributed by atoms with Crippen LogP contribution in [0.2, 0.25) is 0 Å². The van der Waals surface area contributed by atoms with Crippen LogP contribution in [0.1, 0.15) is 23.5 Å². The van der Waals surface area contributed by atoms with Gasteiger partial charge in [0.1, 0.15) is 4.88 Å². The van der Waals surface area contributed by atoms with Gasteiger partial charge in [0, 0.05) is 23.2 Å². The Balaban J connectivity index is 2.03. The second kappa shape index (κ2) is 6.72. The van der Waals surface area contributed by atoms with E-state index in [-0.39, 0.29) is 5.91 Å². The molecule has 0 saturated heterocycles. The van der Waals surface area contributed by atoms with Crippen molar-refractivity contribution in [3.63, 3.8) is 0 Å². The maximum Gasteiger partial charge on any atom is 0.263 e. The summed E-state index contributed by atoms with van der Waals surface area (Å²) in [4.78, 5) is 15.1. The van der Waals surface area contributed by atoms with E-state index in [2.05, 4.69) is 24.1 Å². The fourth-order valence-electron chi connectivity index (χ4n) is 2.18. The molecule has 0 radical (unpaired) electrons. The second-order valence-corrected chi connectivity index (χ2v) is 5.68. The second-order valence-electron chi connectivity index (χ2n) is 4.62. The topological polar surface area (TPSA) is 58.4 Å². The first-order valence-corrected chi connectivity index (χ1v) is 7.76. The summed E-state index contributed by atoms with van der Waals surface area (Å²) in [6.07, 6.45) is 0. The number of anilines is 1. The third kappa shape index (κ3) is 3.11. The third-order valence-corrected chi connectivity index (χ3v) is 4.63. The first-order chi connectivity index (χ1) is 9.67. The minimum Gasteiger partial charge on any atom is -0.397 e. The number of thiophene rings is 1. The van der Waals surface area contributed by atoms with Crippen LogP contribution in [0.5, 0.6) is 0 Å². The molecule has 0 saturated carbocycles. The maximum atomic E-state index is 12.2. The van der Waals surface area contributed by atoms with Gasteiger partial charge in [-0.3, -0.25) is 4.79 Å². The first kappa shape index (κ1) is 14.8. The molecule has 1 heterocycles. The van der Waals surface area contributed by atoms with E-state index in [1.165, 1.54) is 11.3 Å². The molecule has 2 aromatic rings. The van der Waals surface area contributed by atoms with Gasteiger partial charge in [-0.1, -0.05) is 32.0 Å². The fourth-order valence-corrected chi connectivity index (χ4v) is 3.22. The molecule has 3 N–H and O–H groups in total. The number of carbonyl (C=O) groups is 1. The van der Waals surface area contributed by atoms with Crippen molar-refractivity contribution >= 4 is 33.0 Å². The smallest absolute Gasteiger partial charge is 0.263 e.